The number of nitrogens with one attached hydrogen (secondary N) is 2. The van der Waals surface area contributed by atoms with E-state index in [9.17, 15) is 14.7 Å². The Labute approximate surface area is 108 Å². The van der Waals surface area contributed by atoms with Crippen LogP contribution in [0.2, 0.25) is 0 Å². The third-order valence-corrected chi connectivity index (χ3v) is 3.62. The lowest BCUT2D eigenvalue weighted by molar-refractivity contribution is -0.150. The zero-order valence-corrected chi connectivity index (χ0v) is 11.3. The first kappa shape index (κ1) is 15.0. The molecule has 0 aromatic heterocycles. The fourth-order valence-corrected chi connectivity index (χ4v) is 2.67. The predicted molar refractivity (Wildman–Crippen MR) is 69.3 cm³/mol. The van der Waals surface area contributed by atoms with E-state index >= 15 is 0 Å². The molecule has 3 N–H and O–H groups in total. The summed E-state index contributed by atoms with van der Waals surface area (Å²) in [6, 6.07) is 0. The Hall–Kier alpha value is -1.10. The zero-order valence-electron chi connectivity index (χ0n) is 11.3. The Morgan fingerprint density at radius 2 is 2.17 bits per heavy atom. The highest BCUT2D eigenvalue weighted by Gasteiger charge is 2.42. The van der Waals surface area contributed by atoms with E-state index in [-0.39, 0.29) is 5.91 Å². The van der Waals surface area contributed by atoms with E-state index in [1.54, 1.807) is 0 Å². The molecular weight excluding hydrogens is 232 g/mol. The van der Waals surface area contributed by atoms with Crippen LogP contribution in [-0.4, -0.2) is 36.1 Å². The lowest BCUT2D eigenvalue weighted by Gasteiger charge is -2.37. The minimum atomic E-state index is -1.03. The van der Waals surface area contributed by atoms with Gasteiger partial charge < -0.3 is 15.7 Å². The van der Waals surface area contributed by atoms with E-state index in [1.807, 2.05) is 14.0 Å². The van der Waals surface area contributed by atoms with Crippen LogP contribution in [0.25, 0.3) is 0 Å². The maximum atomic E-state index is 11.8. The number of hydrogen-bond acceptors (Lipinski definition) is 3. The Balaban J connectivity index is 2.57. The van der Waals surface area contributed by atoms with Crippen molar-refractivity contribution in [3.8, 4) is 0 Å². The van der Waals surface area contributed by atoms with Crippen LogP contribution in [0, 0.1) is 5.92 Å². The molecule has 0 aromatic carbocycles. The number of carboxylic acid groups (broad SMARTS) is 1. The second kappa shape index (κ2) is 6.73. The Morgan fingerprint density at radius 3 is 2.72 bits per heavy atom. The van der Waals surface area contributed by atoms with Gasteiger partial charge in [-0.05, 0) is 38.8 Å². The maximum Gasteiger partial charge on any atom is 0.329 e. The highest BCUT2D eigenvalue weighted by molar-refractivity contribution is 5.87. The molecule has 1 rings (SSSR count). The second-order valence-corrected chi connectivity index (χ2v) is 5.34. The van der Waals surface area contributed by atoms with E-state index in [0.717, 1.165) is 25.8 Å². The molecule has 5 heteroatoms. The molecule has 1 fully saturated rings. The third kappa shape index (κ3) is 3.98. The minimum absolute atomic E-state index is 0.151. The van der Waals surface area contributed by atoms with Gasteiger partial charge in [0.1, 0.15) is 5.54 Å². The highest BCUT2D eigenvalue weighted by atomic mass is 16.4. The summed E-state index contributed by atoms with van der Waals surface area (Å²) in [5, 5.41) is 15.1. The number of hydrogen-bond donors (Lipinski definition) is 3. The summed E-state index contributed by atoms with van der Waals surface area (Å²) in [7, 11) is 1.83. The molecule has 0 saturated heterocycles. The van der Waals surface area contributed by atoms with Crippen LogP contribution in [0.3, 0.4) is 0 Å². The molecule has 0 bridgehead atoms. The van der Waals surface area contributed by atoms with E-state index < -0.39 is 11.5 Å². The Kier molecular flexibility index (Phi) is 5.59. The molecule has 1 amide bonds. The van der Waals surface area contributed by atoms with Gasteiger partial charge in [0.2, 0.25) is 5.91 Å². The van der Waals surface area contributed by atoms with Crippen molar-refractivity contribution in [1.82, 2.24) is 10.6 Å². The zero-order chi connectivity index (χ0) is 13.6. The van der Waals surface area contributed by atoms with Crippen molar-refractivity contribution in [2.45, 2.75) is 51.0 Å². The van der Waals surface area contributed by atoms with Gasteiger partial charge in [-0.1, -0.05) is 19.8 Å². The number of aliphatic carboxylic acids is 1. The van der Waals surface area contributed by atoms with Crippen molar-refractivity contribution in [3.05, 3.63) is 0 Å². The number of rotatable bonds is 6. The topological polar surface area (TPSA) is 78.4 Å². The summed E-state index contributed by atoms with van der Waals surface area (Å²) in [4.78, 5) is 23.3. The molecule has 5 nitrogen and oxygen atoms in total. The average Bonchev–Trinajstić information content (AvgIpc) is 2.29. The summed E-state index contributed by atoms with van der Waals surface area (Å²) in [5.41, 5.74) is -1.03. The summed E-state index contributed by atoms with van der Waals surface area (Å²) in [6.07, 6.45) is 4.11. The first-order chi connectivity index (χ1) is 8.50. The summed E-state index contributed by atoms with van der Waals surface area (Å²) >= 11 is 0. The van der Waals surface area contributed by atoms with Gasteiger partial charge in [0, 0.05) is 6.42 Å². The molecule has 0 spiro atoms. The largest absolute Gasteiger partial charge is 0.480 e. The van der Waals surface area contributed by atoms with Gasteiger partial charge in [-0.3, -0.25) is 4.79 Å². The van der Waals surface area contributed by atoms with Gasteiger partial charge in [-0.25, -0.2) is 4.79 Å². The summed E-state index contributed by atoms with van der Waals surface area (Å²) in [6.45, 7) is 2.81. The van der Waals surface area contributed by atoms with Crippen LogP contribution in [0.1, 0.15) is 45.4 Å². The van der Waals surface area contributed by atoms with Crippen LogP contribution in [0.4, 0.5) is 0 Å². The molecule has 0 aliphatic heterocycles. The van der Waals surface area contributed by atoms with Gasteiger partial charge in [0.15, 0.2) is 0 Å². The first-order valence-corrected chi connectivity index (χ1v) is 6.69. The van der Waals surface area contributed by atoms with E-state index in [1.165, 1.54) is 0 Å². The summed E-state index contributed by atoms with van der Waals surface area (Å²) < 4.78 is 0. The molecule has 104 valence electrons. The van der Waals surface area contributed by atoms with E-state index in [4.69, 9.17) is 0 Å². The number of carboxylic acids is 1. The van der Waals surface area contributed by atoms with Crippen LogP contribution in [-0.2, 0) is 9.59 Å². The van der Waals surface area contributed by atoms with Crippen LogP contribution in [0.5, 0.6) is 0 Å². The van der Waals surface area contributed by atoms with Gasteiger partial charge >= 0.3 is 5.97 Å². The molecule has 1 saturated carbocycles. The minimum Gasteiger partial charge on any atom is -0.480 e. The molecule has 1 aliphatic carbocycles. The van der Waals surface area contributed by atoms with Crippen molar-refractivity contribution < 1.29 is 14.7 Å². The monoisotopic (exact) mass is 256 g/mol. The van der Waals surface area contributed by atoms with Crippen molar-refractivity contribution in [1.29, 1.82) is 0 Å². The normalized spacial score (nSPS) is 27.8. The SMILES string of the molecule is CNCCCC(=O)NC1(C(=O)O)CCCC(C)C1. The Bertz CT molecular complexity index is 307. The highest BCUT2D eigenvalue weighted by Crippen LogP contribution is 2.32. The van der Waals surface area contributed by atoms with Crippen molar-refractivity contribution in [2.75, 3.05) is 13.6 Å². The fourth-order valence-electron chi connectivity index (χ4n) is 2.67. The smallest absolute Gasteiger partial charge is 0.329 e. The Morgan fingerprint density at radius 1 is 1.44 bits per heavy atom. The quantitative estimate of drug-likeness (QED) is 0.623. The third-order valence-electron chi connectivity index (χ3n) is 3.62. The van der Waals surface area contributed by atoms with E-state index in [2.05, 4.69) is 10.6 Å². The van der Waals surface area contributed by atoms with Gasteiger partial charge in [-0.2, -0.15) is 0 Å². The van der Waals surface area contributed by atoms with Crippen molar-refractivity contribution in [3.63, 3.8) is 0 Å². The molecule has 0 aromatic rings. The lowest BCUT2D eigenvalue weighted by atomic mass is 9.76. The number of carbonyl (C=O) groups excluding carboxylic acids is 1. The standard InChI is InChI=1S/C13H24N2O3/c1-10-5-3-7-13(9-10,12(17)18)15-11(16)6-4-8-14-2/h10,14H,3-9H2,1-2H3,(H,15,16)(H,17,18). The molecule has 2 atom stereocenters. The summed E-state index contributed by atoms with van der Waals surface area (Å²) in [5.74, 6) is -0.690. The first-order valence-electron chi connectivity index (χ1n) is 6.69. The van der Waals surface area contributed by atoms with Crippen molar-refractivity contribution in [2.24, 2.45) is 5.92 Å². The molecule has 2 unspecified atom stereocenters. The number of carbonyl (C=O) groups is 2. The molecular formula is C13H24N2O3. The average molecular weight is 256 g/mol. The van der Waals surface area contributed by atoms with Gasteiger partial charge in [-0.15, -0.1) is 0 Å². The van der Waals surface area contributed by atoms with Gasteiger partial charge in [0.25, 0.3) is 0 Å². The molecule has 0 heterocycles. The lowest BCUT2D eigenvalue weighted by Crippen LogP contribution is -2.56. The molecule has 1 aliphatic rings. The number of amides is 1. The second-order valence-electron chi connectivity index (χ2n) is 5.34. The van der Waals surface area contributed by atoms with Crippen LogP contribution < -0.4 is 10.6 Å². The van der Waals surface area contributed by atoms with Crippen LogP contribution in [0.15, 0.2) is 0 Å². The molecule has 18 heavy (non-hydrogen) atoms. The van der Waals surface area contributed by atoms with Crippen LogP contribution >= 0.6 is 0 Å². The van der Waals surface area contributed by atoms with E-state index in [0.29, 0.717) is 25.2 Å². The fraction of sp³-hybridized carbons (Fsp3) is 0.846. The van der Waals surface area contributed by atoms with Crippen molar-refractivity contribution >= 4 is 11.9 Å². The predicted octanol–water partition coefficient (Wildman–Crippen LogP) is 1.14. The maximum absolute atomic E-state index is 11.8. The van der Waals surface area contributed by atoms with Gasteiger partial charge in [0.05, 0.1) is 0 Å². The molecule has 0 radical (unpaired) electrons.